The number of hydrogen-bond acceptors (Lipinski definition) is 8. The predicted molar refractivity (Wildman–Crippen MR) is 109 cm³/mol. The molecule has 29 heavy (non-hydrogen) atoms. The average Bonchev–Trinajstić information content (AvgIpc) is 3.14. The highest BCUT2D eigenvalue weighted by atomic mass is 79.9. The summed E-state index contributed by atoms with van der Waals surface area (Å²) in [4.78, 5) is 16.9. The van der Waals surface area contributed by atoms with Gasteiger partial charge in [-0.25, -0.2) is 9.02 Å². The largest absolute Gasteiger partial charge is 0.484 e. The summed E-state index contributed by atoms with van der Waals surface area (Å²) in [6, 6.07) is 11.2. The summed E-state index contributed by atoms with van der Waals surface area (Å²) in [7, 11) is 0. The zero-order valence-electron chi connectivity index (χ0n) is 14.4. The van der Waals surface area contributed by atoms with Gasteiger partial charge in [0.05, 0.1) is 10.2 Å². The number of aromatic nitrogens is 2. The molecule has 1 heterocycles. The molecule has 2 N–H and O–H groups in total. The van der Waals surface area contributed by atoms with E-state index in [1.807, 2.05) is 0 Å². The van der Waals surface area contributed by atoms with Crippen LogP contribution in [0.25, 0.3) is 0 Å². The summed E-state index contributed by atoms with van der Waals surface area (Å²) >= 11 is 6.37. The van der Waals surface area contributed by atoms with Crippen LogP contribution >= 0.6 is 31.9 Å². The van der Waals surface area contributed by atoms with Gasteiger partial charge in [-0.05, 0) is 68.7 Å². The van der Waals surface area contributed by atoms with Crippen molar-refractivity contribution in [3.63, 3.8) is 0 Å². The lowest BCUT2D eigenvalue weighted by molar-refractivity contribution is -0.118. The quantitative estimate of drug-likeness (QED) is 0.334. The molecule has 0 bridgehead atoms. The van der Waals surface area contributed by atoms with Gasteiger partial charge in [-0.2, -0.15) is 5.48 Å². The number of benzene rings is 2. The van der Waals surface area contributed by atoms with Crippen LogP contribution in [0.3, 0.4) is 0 Å². The number of amides is 1. The summed E-state index contributed by atoms with van der Waals surface area (Å²) in [6.45, 7) is -0.234. The highest BCUT2D eigenvalue weighted by molar-refractivity contribution is 9.10. The van der Waals surface area contributed by atoms with Crippen LogP contribution in [0.1, 0.15) is 5.69 Å². The van der Waals surface area contributed by atoms with Crippen LogP contribution in [-0.2, 0) is 9.73 Å². The molecule has 0 radical (unpaired) electrons. The van der Waals surface area contributed by atoms with Crippen LogP contribution in [0.4, 0.5) is 15.9 Å². The first-order valence-corrected chi connectivity index (χ1v) is 9.51. The van der Waals surface area contributed by atoms with Crippen molar-refractivity contribution in [3.05, 3.63) is 62.9 Å². The molecule has 0 fully saturated rings. The van der Waals surface area contributed by atoms with Crippen LogP contribution < -0.4 is 15.5 Å². The van der Waals surface area contributed by atoms with Crippen molar-refractivity contribution in [3.8, 4) is 5.75 Å². The van der Waals surface area contributed by atoms with Crippen molar-refractivity contribution in [1.82, 2.24) is 10.3 Å². The molecule has 0 unspecified atom stereocenters. The molecule has 3 aromatic rings. The predicted octanol–water partition coefficient (Wildman–Crippen LogP) is 4.13. The summed E-state index contributed by atoms with van der Waals surface area (Å²) in [5, 5.41) is 13.3. The van der Waals surface area contributed by atoms with E-state index < -0.39 is 11.7 Å². The Morgan fingerprint density at radius 3 is 2.76 bits per heavy atom. The Balaban J connectivity index is 1.49. The molecule has 0 saturated heterocycles. The molecule has 0 aliphatic carbocycles. The monoisotopic (exact) mass is 527 g/mol. The summed E-state index contributed by atoms with van der Waals surface area (Å²) in [6.07, 6.45) is 1.17. The van der Waals surface area contributed by atoms with Crippen LogP contribution in [-0.4, -0.2) is 29.0 Å². The third kappa shape index (κ3) is 6.26. The lowest BCUT2D eigenvalue weighted by Gasteiger charge is -2.05. The van der Waals surface area contributed by atoms with E-state index in [2.05, 4.69) is 62.8 Å². The fourth-order valence-corrected chi connectivity index (χ4v) is 2.57. The van der Waals surface area contributed by atoms with Crippen molar-refractivity contribution in [2.45, 2.75) is 0 Å². The van der Waals surface area contributed by atoms with Gasteiger partial charge < -0.3 is 10.1 Å². The minimum atomic E-state index is -0.464. The zero-order chi connectivity index (χ0) is 20.6. The average molecular weight is 529 g/mol. The van der Waals surface area contributed by atoms with Gasteiger partial charge in [0.1, 0.15) is 17.8 Å². The molecule has 0 aliphatic heterocycles. The Morgan fingerprint density at radius 1 is 1.21 bits per heavy atom. The zero-order valence-corrected chi connectivity index (χ0v) is 17.6. The van der Waals surface area contributed by atoms with Crippen LogP contribution in [0.5, 0.6) is 5.75 Å². The highest BCUT2D eigenvalue weighted by Gasteiger charge is 2.12. The molecule has 1 amide bonds. The Labute approximate surface area is 180 Å². The smallest absolute Gasteiger partial charge is 0.263 e. The van der Waals surface area contributed by atoms with Crippen molar-refractivity contribution >= 4 is 55.5 Å². The number of nitrogens with one attached hydrogen (secondary N) is 2. The van der Waals surface area contributed by atoms with Crippen LogP contribution in [0.2, 0.25) is 0 Å². The molecular formula is C17H12Br2FN5O4. The number of carbonyl (C=O) groups excluding carboxylic acids is 1. The van der Waals surface area contributed by atoms with Crippen molar-refractivity contribution in [1.29, 1.82) is 0 Å². The Morgan fingerprint density at radius 2 is 2.00 bits per heavy atom. The first-order chi connectivity index (χ1) is 14.0. The van der Waals surface area contributed by atoms with Gasteiger partial charge in [-0.15, -0.1) is 0 Å². The second-order valence-corrected chi connectivity index (χ2v) is 7.12. The molecule has 0 spiro atoms. The number of hydrogen-bond donors (Lipinski definition) is 2. The topological polar surface area (TPSA) is 111 Å². The van der Waals surface area contributed by atoms with Gasteiger partial charge in [-0.1, -0.05) is 21.1 Å². The van der Waals surface area contributed by atoms with Gasteiger partial charge in [-0.3, -0.25) is 9.73 Å². The molecule has 9 nitrogen and oxygen atoms in total. The number of halogens is 3. The first-order valence-electron chi connectivity index (χ1n) is 7.92. The Bertz CT molecular complexity index is 1010. The van der Waals surface area contributed by atoms with E-state index in [-0.39, 0.29) is 22.6 Å². The standard InChI is InChI=1S/C17H12Br2FN5O4/c18-10-1-4-12(5-2-10)27-9-16(26)22-17-15(24-29-25-17)8-21-28-23-11-3-6-14(20)13(19)7-11/h1-8,23H,9H2,(H,22,25,26)/b21-8+. The lowest BCUT2D eigenvalue weighted by atomic mass is 10.3. The van der Waals surface area contributed by atoms with Crippen LogP contribution in [0, 0.1) is 5.82 Å². The number of carbonyl (C=O) groups is 1. The van der Waals surface area contributed by atoms with Gasteiger partial charge in [0.15, 0.2) is 12.3 Å². The normalized spacial score (nSPS) is 10.7. The molecule has 0 atom stereocenters. The third-order valence-electron chi connectivity index (χ3n) is 3.27. The van der Waals surface area contributed by atoms with Crippen molar-refractivity contribution in [2.24, 2.45) is 5.16 Å². The van der Waals surface area contributed by atoms with Crippen LogP contribution in [0.15, 0.2) is 61.2 Å². The molecule has 3 rings (SSSR count). The SMILES string of the molecule is O=C(COc1ccc(Br)cc1)Nc1nonc1/C=N/ONc1ccc(F)c(Br)c1. The van der Waals surface area contributed by atoms with E-state index in [0.717, 1.165) is 4.47 Å². The van der Waals surface area contributed by atoms with Gasteiger partial charge in [0.2, 0.25) is 5.82 Å². The Kier molecular flexibility index (Phi) is 7.14. The number of rotatable bonds is 8. The number of oxime groups is 1. The second kappa shape index (κ2) is 9.98. The minimum Gasteiger partial charge on any atom is -0.484 e. The van der Waals surface area contributed by atoms with Gasteiger partial charge in [0, 0.05) is 4.47 Å². The van der Waals surface area contributed by atoms with Gasteiger partial charge in [0.25, 0.3) is 5.91 Å². The molecule has 150 valence electrons. The summed E-state index contributed by atoms with van der Waals surface area (Å²) in [5.41, 5.74) is 3.09. The van der Waals surface area contributed by atoms with Crippen molar-refractivity contribution in [2.75, 3.05) is 17.4 Å². The molecular weight excluding hydrogens is 517 g/mol. The molecule has 0 saturated carbocycles. The molecule has 0 aliphatic rings. The van der Waals surface area contributed by atoms with Gasteiger partial charge >= 0.3 is 0 Å². The number of nitrogens with zero attached hydrogens (tertiary/aromatic N) is 3. The molecule has 12 heteroatoms. The van der Waals surface area contributed by atoms with E-state index in [1.165, 1.54) is 24.4 Å². The first kappa shape index (κ1) is 20.7. The maximum atomic E-state index is 13.2. The van der Waals surface area contributed by atoms with Crippen molar-refractivity contribution < 1.29 is 23.5 Å². The summed E-state index contributed by atoms with van der Waals surface area (Å²) < 4.78 is 24.3. The lowest BCUT2D eigenvalue weighted by Crippen LogP contribution is -2.21. The van der Waals surface area contributed by atoms with E-state index in [1.54, 1.807) is 24.3 Å². The molecule has 2 aromatic carbocycles. The summed E-state index contributed by atoms with van der Waals surface area (Å²) in [5.74, 6) is -0.285. The fourth-order valence-electron chi connectivity index (χ4n) is 1.93. The minimum absolute atomic E-state index is 0.0475. The molecule has 1 aromatic heterocycles. The second-order valence-electron chi connectivity index (χ2n) is 5.35. The van der Waals surface area contributed by atoms with E-state index in [4.69, 9.17) is 9.68 Å². The van der Waals surface area contributed by atoms with E-state index in [9.17, 15) is 9.18 Å². The maximum Gasteiger partial charge on any atom is 0.263 e. The van der Waals surface area contributed by atoms with E-state index in [0.29, 0.717) is 11.4 Å². The number of anilines is 2. The van der Waals surface area contributed by atoms with E-state index >= 15 is 0 Å². The third-order valence-corrected chi connectivity index (χ3v) is 4.40. The Hall–Kier alpha value is -2.99. The highest BCUT2D eigenvalue weighted by Crippen LogP contribution is 2.20. The maximum absolute atomic E-state index is 13.2. The number of ether oxygens (including phenoxy) is 1. The fraction of sp³-hybridized carbons (Fsp3) is 0.0588.